The summed E-state index contributed by atoms with van der Waals surface area (Å²) in [5, 5.41) is 0. The van der Waals surface area contributed by atoms with Gasteiger partial charge in [-0.25, -0.2) is 0 Å². The van der Waals surface area contributed by atoms with Crippen LogP contribution in [0.4, 0.5) is 0 Å². The SMILES string of the molecule is COc1ccc(Br)cc1C1SCCCS1. The fourth-order valence-electron chi connectivity index (χ4n) is 1.56. The normalized spacial score (nSPS) is 17.7. The topological polar surface area (TPSA) is 9.23 Å². The van der Waals surface area contributed by atoms with E-state index >= 15 is 0 Å². The summed E-state index contributed by atoms with van der Waals surface area (Å²) in [7, 11) is 1.74. The molecule has 0 N–H and O–H groups in total. The van der Waals surface area contributed by atoms with Gasteiger partial charge in [0.2, 0.25) is 0 Å². The predicted octanol–water partition coefficient (Wildman–Crippen LogP) is 4.33. The number of methoxy groups -OCH3 is 1. The molecular formula is C11H13BrOS2. The summed E-state index contributed by atoms with van der Waals surface area (Å²) in [6.45, 7) is 0. The maximum atomic E-state index is 5.41. The fourth-order valence-corrected chi connectivity index (χ4v) is 4.86. The third-order valence-corrected chi connectivity index (χ3v) is 5.74. The first kappa shape index (κ1) is 11.7. The maximum absolute atomic E-state index is 5.41. The highest BCUT2D eigenvalue weighted by Gasteiger charge is 2.20. The molecule has 0 bridgehead atoms. The van der Waals surface area contributed by atoms with E-state index in [1.54, 1.807) is 7.11 Å². The molecule has 0 amide bonds. The van der Waals surface area contributed by atoms with E-state index in [0.29, 0.717) is 4.58 Å². The van der Waals surface area contributed by atoms with Crippen molar-refractivity contribution in [1.82, 2.24) is 0 Å². The molecule has 1 aromatic rings. The summed E-state index contributed by atoms with van der Waals surface area (Å²) < 4.78 is 7.07. The molecule has 0 spiro atoms. The summed E-state index contributed by atoms with van der Waals surface area (Å²) >= 11 is 7.55. The summed E-state index contributed by atoms with van der Waals surface area (Å²) in [6, 6.07) is 6.24. The minimum atomic E-state index is 0.534. The molecule has 0 atom stereocenters. The van der Waals surface area contributed by atoms with Gasteiger partial charge in [-0.15, -0.1) is 23.5 Å². The fraction of sp³-hybridized carbons (Fsp3) is 0.455. The minimum absolute atomic E-state index is 0.534. The molecule has 1 heterocycles. The molecule has 2 rings (SSSR count). The summed E-state index contributed by atoms with van der Waals surface area (Å²) in [5.41, 5.74) is 1.31. The number of hydrogen-bond acceptors (Lipinski definition) is 3. The van der Waals surface area contributed by atoms with Gasteiger partial charge in [0.15, 0.2) is 0 Å². The van der Waals surface area contributed by atoms with Crippen molar-refractivity contribution in [1.29, 1.82) is 0 Å². The number of ether oxygens (including phenoxy) is 1. The largest absolute Gasteiger partial charge is 0.496 e. The molecule has 0 aliphatic carbocycles. The van der Waals surface area contributed by atoms with Gasteiger partial charge in [0.25, 0.3) is 0 Å². The van der Waals surface area contributed by atoms with Gasteiger partial charge in [0.05, 0.1) is 11.7 Å². The van der Waals surface area contributed by atoms with Gasteiger partial charge in [-0.2, -0.15) is 0 Å². The Morgan fingerprint density at radius 2 is 2.07 bits per heavy atom. The summed E-state index contributed by atoms with van der Waals surface area (Å²) in [5.74, 6) is 3.52. The summed E-state index contributed by atoms with van der Waals surface area (Å²) in [6.07, 6.45) is 1.32. The van der Waals surface area contributed by atoms with Crippen LogP contribution in [0.5, 0.6) is 5.75 Å². The first-order valence-corrected chi connectivity index (χ1v) is 7.77. The van der Waals surface area contributed by atoms with Crippen molar-refractivity contribution in [3.63, 3.8) is 0 Å². The number of rotatable bonds is 2. The van der Waals surface area contributed by atoms with Crippen molar-refractivity contribution in [2.45, 2.75) is 11.0 Å². The van der Waals surface area contributed by atoms with Gasteiger partial charge >= 0.3 is 0 Å². The van der Waals surface area contributed by atoms with Crippen molar-refractivity contribution >= 4 is 39.5 Å². The Bertz CT molecular complexity index is 337. The second kappa shape index (κ2) is 5.51. The molecule has 1 aliphatic heterocycles. The van der Waals surface area contributed by atoms with Crippen LogP contribution in [-0.4, -0.2) is 18.6 Å². The molecule has 1 saturated heterocycles. The zero-order chi connectivity index (χ0) is 10.7. The Hall–Kier alpha value is 0.200. The van der Waals surface area contributed by atoms with Crippen LogP contribution < -0.4 is 4.74 Å². The lowest BCUT2D eigenvalue weighted by Gasteiger charge is -2.23. The second-order valence-electron chi connectivity index (χ2n) is 3.31. The van der Waals surface area contributed by atoms with Crippen molar-refractivity contribution < 1.29 is 4.74 Å². The third kappa shape index (κ3) is 2.86. The van der Waals surface area contributed by atoms with Crippen LogP contribution >= 0.6 is 39.5 Å². The van der Waals surface area contributed by atoms with Crippen LogP contribution in [0, 0.1) is 0 Å². The number of thioether (sulfide) groups is 2. The standard InChI is InChI=1S/C11H13BrOS2/c1-13-10-4-3-8(12)7-9(10)11-14-5-2-6-15-11/h3-4,7,11H,2,5-6H2,1H3. The molecule has 82 valence electrons. The van der Waals surface area contributed by atoms with Crippen LogP contribution in [0.1, 0.15) is 16.6 Å². The summed E-state index contributed by atoms with van der Waals surface area (Å²) in [4.78, 5) is 0. The number of halogens is 1. The molecule has 0 radical (unpaired) electrons. The molecule has 1 fully saturated rings. The van der Waals surface area contributed by atoms with E-state index in [1.807, 2.05) is 35.7 Å². The van der Waals surface area contributed by atoms with E-state index in [2.05, 4.69) is 22.0 Å². The zero-order valence-corrected chi connectivity index (χ0v) is 11.8. The van der Waals surface area contributed by atoms with Crippen LogP contribution in [0.15, 0.2) is 22.7 Å². The molecule has 1 aliphatic rings. The van der Waals surface area contributed by atoms with Gasteiger partial charge < -0.3 is 4.74 Å². The Morgan fingerprint density at radius 3 is 2.73 bits per heavy atom. The van der Waals surface area contributed by atoms with E-state index in [4.69, 9.17) is 4.74 Å². The van der Waals surface area contributed by atoms with E-state index < -0.39 is 0 Å². The Labute approximate surface area is 107 Å². The van der Waals surface area contributed by atoms with E-state index in [-0.39, 0.29) is 0 Å². The minimum Gasteiger partial charge on any atom is -0.496 e. The van der Waals surface area contributed by atoms with Gasteiger partial charge in [-0.05, 0) is 36.1 Å². The first-order valence-electron chi connectivity index (χ1n) is 4.88. The monoisotopic (exact) mass is 304 g/mol. The lowest BCUT2D eigenvalue weighted by atomic mass is 10.2. The third-order valence-electron chi connectivity index (χ3n) is 2.27. The molecule has 15 heavy (non-hydrogen) atoms. The Kier molecular flexibility index (Phi) is 4.29. The number of hydrogen-bond donors (Lipinski definition) is 0. The smallest absolute Gasteiger partial charge is 0.124 e. The molecule has 0 aromatic heterocycles. The van der Waals surface area contributed by atoms with E-state index in [9.17, 15) is 0 Å². The molecular weight excluding hydrogens is 292 g/mol. The highest BCUT2D eigenvalue weighted by molar-refractivity contribution is 9.10. The second-order valence-corrected chi connectivity index (χ2v) is 6.95. The quantitative estimate of drug-likeness (QED) is 0.805. The van der Waals surface area contributed by atoms with Crippen LogP contribution in [0.3, 0.4) is 0 Å². The van der Waals surface area contributed by atoms with Gasteiger partial charge in [-0.3, -0.25) is 0 Å². The highest BCUT2D eigenvalue weighted by Crippen LogP contribution is 2.47. The maximum Gasteiger partial charge on any atom is 0.124 e. The van der Waals surface area contributed by atoms with Crippen LogP contribution in [-0.2, 0) is 0 Å². The molecule has 4 heteroatoms. The first-order chi connectivity index (χ1) is 7.31. The van der Waals surface area contributed by atoms with Gasteiger partial charge in [-0.1, -0.05) is 15.9 Å². The van der Waals surface area contributed by atoms with Gasteiger partial charge in [0, 0.05) is 10.0 Å². The average Bonchev–Trinajstić information content (AvgIpc) is 2.30. The van der Waals surface area contributed by atoms with Gasteiger partial charge in [0.1, 0.15) is 5.75 Å². The van der Waals surface area contributed by atoms with E-state index in [1.165, 1.54) is 23.5 Å². The van der Waals surface area contributed by atoms with Crippen LogP contribution in [0.2, 0.25) is 0 Å². The molecule has 0 saturated carbocycles. The van der Waals surface area contributed by atoms with Crippen LogP contribution in [0.25, 0.3) is 0 Å². The average molecular weight is 305 g/mol. The molecule has 0 unspecified atom stereocenters. The highest BCUT2D eigenvalue weighted by atomic mass is 79.9. The zero-order valence-electron chi connectivity index (χ0n) is 8.53. The Balaban J connectivity index is 2.27. The van der Waals surface area contributed by atoms with Crippen molar-refractivity contribution in [3.05, 3.63) is 28.2 Å². The predicted molar refractivity (Wildman–Crippen MR) is 73.0 cm³/mol. The molecule has 1 aromatic carbocycles. The van der Waals surface area contributed by atoms with Crippen molar-refractivity contribution in [3.8, 4) is 5.75 Å². The lowest BCUT2D eigenvalue weighted by Crippen LogP contribution is -2.02. The number of benzene rings is 1. The van der Waals surface area contributed by atoms with Crippen molar-refractivity contribution in [2.75, 3.05) is 18.6 Å². The van der Waals surface area contributed by atoms with Crippen molar-refractivity contribution in [2.24, 2.45) is 0 Å². The Morgan fingerprint density at radius 1 is 1.33 bits per heavy atom. The lowest BCUT2D eigenvalue weighted by molar-refractivity contribution is 0.411. The van der Waals surface area contributed by atoms with E-state index in [0.717, 1.165) is 10.2 Å². The molecule has 1 nitrogen and oxygen atoms in total.